The molecule has 24 heavy (non-hydrogen) atoms. The Morgan fingerprint density at radius 3 is 1.92 bits per heavy atom. The van der Waals surface area contributed by atoms with E-state index < -0.39 is 0 Å². The molecule has 0 spiro atoms. The summed E-state index contributed by atoms with van der Waals surface area (Å²) in [5, 5.41) is 0. The molecule has 0 aromatic heterocycles. The maximum Gasteiger partial charge on any atom is -0.0152 e. The predicted octanol–water partition coefficient (Wildman–Crippen LogP) is 8.42. The quantitative estimate of drug-likeness (QED) is 0.444. The van der Waals surface area contributed by atoms with E-state index in [0.717, 1.165) is 17.8 Å². The average molecular weight is 335 g/mol. The van der Waals surface area contributed by atoms with Crippen LogP contribution in [0.5, 0.6) is 0 Å². The largest absolute Gasteiger partial charge is 0.0998 e. The van der Waals surface area contributed by atoms with Crippen LogP contribution in [0.3, 0.4) is 0 Å². The van der Waals surface area contributed by atoms with E-state index in [0.29, 0.717) is 10.8 Å². The van der Waals surface area contributed by atoms with Crippen molar-refractivity contribution < 1.29 is 0 Å². The Morgan fingerprint density at radius 2 is 1.38 bits per heavy atom. The van der Waals surface area contributed by atoms with E-state index in [1.165, 1.54) is 69.8 Å². The zero-order valence-electron chi connectivity index (χ0n) is 18.0. The van der Waals surface area contributed by atoms with Gasteiger partial charge in [0.1, 0.15) is 0 Å². The van der Waals surface area contributed by atoms with Crippen molar-refractivity contribution in [1.82, 2.24) is 0 Å². The molecule has 0 heteroatoms. The van der Waals surface area contributed by atoms with Crippen molar-refractivity contribution in [3.63, 3.8) is 0 Å². The highest BCUT2D eigenvalue weighted by Gasteiger charge is 2.51. The molecule has 3 saturated carbocycles. The van der Waals surface area contributed by atoms with Crippen molar-refractivity contribution in [2.24, 2.45) is 28.6 Å². The van der Waals surface area contributed by atoms with E-state index >= 15 is 0 Å². The molecule has 0 nitrogen and oxygen atoms in total. The van der Waals surface area contributed by atoms with Gasteiger partial charge in [-0.05, 0) is 80.5 Å². The van der Waals surface area contributed by atoms with E-state index in [9.17, 15) is 0 Å². The van der Waals surface area contributed by atoms with Crippen molar-refractivity contribution >= 4 is 0 Å². The van der Waals surface area contributed by atoms with E-state index in [1.807, 2.05) is 27.7 Å². The lowest BCUT2D eigenvalue weighted by molar-refractivity contribution is 0.00722. The van der Waals surface area contributed by atoms with Gasteiger partial charge in [-0.1, -0.05) is 73.0 Å². The van der Waals surface area contributed by atoms with Gasteiger partial charge in [0.2, 0.25) is 0 Å². The molecular formula is C24H46. The first kappa shape index (κ1) is 21.8. The fourth-order valence-electron chi connectivity index (χ4n) is 6.23. The Hall–Kier alpha value is -0.260. The summed E-state index contributed by atoms with van der Waals surface area (Å²) >= 11 is 0. The summed E-state index contributed by atoms with van der Waals surface area (Å²) < 4.78 is 0. The maximum absolute atomic E-state index is 4.30. The van der Waals surface area contributed by atoms with E-state index in [4.69, 9.17) is 0 Å². The Morgan fingerprint density at radius 1 is 0.792 bits per heavy atom. The van der Waals surface area contributed by atoms with Gasteiger partial charge in [0.15, 0.2) is 0 Å². The minimum absolute atomic E-state index is 0.591. The summed E-state index contributed by atoms with van der Waals surface area (Å²) in [5.74, 6) is 2.82. The maximum atomic E-state index is 4.30. The van der Waals surface area contributed by atoms with Crippen LogP contribution in [0.2, 0.25) is 0 Å². The van der Waals surface area contributed by atoms with Crippen molar-refractivity contribution in [2.75, 3.05) is 0 Å². The topological polar surface area (TPSA) is 0 Å². The summed E-state index contributed by atoms with van der Waals surface area (Å²) in [6, 6.07) is 0. The number of hydrogen-bond acceptors (Lipinski definition) is 0. The molecule has 3 rings (SSSR count). The first-order valence-electron chi connectivity index (χ1n) is 11.1. The second-order valence-electron chi connectivity index (χ2n) is 8.87. The molecule has 3 aliphatic rings. The molecule has 0 aromatic carbocycles. The van der Waals surface area contributed by atoms with Gasteiger partial charge < -0.3 is 0 Å². The second-order valence-corrected chi connectivity index (χ2v) is 8.87. The first-order valence-corrected chi connectivity index (χ1v) is 11.1. The van der Waals surface area contributed by atoms with Crippen LogP contribution >= 0.6 is 0 Å². The van der Waals surface area contributed by atoms with Crippen LogP contribution in [0.15, 0.2) is 12.2 Å². The minimum atomic E-state index is 0.591. The molecule has 142 valence electrons. The molecule has 4 unspecified atom stereocenters. The van der Waals surface area contributed by atoms with Crippen molar-refractivity contribution in [1.29, 1.82) is 0 Å². The predicted molar refractivity (Wildman–Crippen MR) is 110 cm³/mol. The number of allylic oxidation sites excluding steroid dienone is 1. The van der Waals surface area contributed by atoms with Gasteiger partial charge in [-0.15, -0.1) is 0 Å². The standard InChI is InChI=1S/C20H34.2C2H6/c1-15(2)18-9-8-17-14-16(10-13-20(17,18)4)19(3)11-6-5-7-12-19;2*1-2/h16-18H,1,5-14H2,2-4H3;2*1-2H3. The molecule has 0 bridgehead atoms. The average Bonchev–Trinajstić information content (AvgIpc) is 2.95. The van der Waals surface area contributed by atoms with Gasteiger partial charge in [-0.3, -0.25) is 0 Å². The normalized spacial score (nSPS) is 37.2. The third-order valence-electron chi connectivity index (χ3n) is 7.71. The minimum Gasteiger partial charge on any atom is -0.0998 e. The molecule has 3 fully saturated rings. The number of fused-ring (bicyclic) bond motifs is 1. The van der Waals surface area contributed by atoms with Gasteiger partial charge in [0, 0.05) is 0 Å². The molecule has 3 aliphatic carbocycles. The van der Waals surface area contributed by atoms with Crippen LogP contribution in [-0.4, -0.2) is 0 Å². The molecular weight excluding hydrogens is 288 g/mol. The lowest BCUT2D eigenvalue weighted by atomic mass is 9.55. The molecule has 0 amide bonds. The fourth-order valence-corrected chi connectivity index (χ4v) is 6.23. The summed E-state index contributed by atoms with van der Waals surface area (Å²) in [5.41, 5.74) is 2.73. The molecule has 0 saturated heterocycles. The van der Waals surface area contributed by atoms with Crippen LogP contribution in [0.25, 0.3) is 0 Å². The third kappa shape index (κ3) is 4.28. The summed E-state index contributed by atoms with van der Waals surface area (Å²) in [4.78, 5) is 0. The van der Waals surface area contributed by atoms with E-state index in [2.05, 4.69) is 27.4 Å². The van der Waals surface area contributed by atoms with Crippen molar-refractivity contribution in [3.05, 3.63) is 12.2 Å². The second kappa shape index (κ2) is 9.44. The zero-order chi connectivity index (χ0) is 18.4. The number of hydrogen-bond donors (Lipinski definition) is 0. The van der Waals surface area contributed by atoms with Gasteiger partial charge in [-0.2, -0.15) is 0 Å². The highest BCUT2D eigenvalue weighted by molar-refractivity contribution is 5.11. The summed E-state index contributed by atoms with van der Waals surface area (Å²) in [7, 11) is 0. The molecule has 0 aromatic rings. The lowest BCUT2D eigenvalue weighted by Gasteiger charge is -2.50. The first-order chi connectivity index (χ1) is 11.5. The van der Waals surface area contributed by atoms with Crippen LogP contribution in [0, 0.1) is 28.6 Å². The monoisotopic (exact) mass is 334 g/mol. The van der Waals surface area contributed by atoms with Crippen molar-refractivity contribution in [2.45, 2.75) is 113 Å². The van der Waals surface area contributed by atoms with Crippen LogP contribution in [0.4, 0.5) is 0 Å². The Bertz CT molecular complexity index is 373. The number of rotatable bonds is 2. The Kier molecular flexibility index (Phi) is 8.57. The molecule has 4 atom stereocenters. The molecule has 0 heterocycles. The van der Waals surface area contributed by atoms with Crippen LogP contribution in [0.1, 0.15) is 113 Å². The molecule has 0 aliphatic heterocycles. The Balaban J connectivity index is 0.000000671. The summed E-state index contributed by atoms with van der Waals surface area (Å²) in [6.45, 7) is 19.8. The Labute approximate surface area is 153 Å². The third-order valence-corrected chi connectivity index (χ3v) is 7.71. The smallest absolute Gasteiger partial charge is 0.0152 e. The highest BCUT2D eigenvalue weighted by Crippen LogP contribution is 2.61. The van der Waals surface area contributed by atoms with Crippen molar-refractivity contribution in [3.8, 4) is 0 Å². The highest BCUT2D eigenvalue weighted by atomic mass is 14.6. The van der Waals surface area contributed by atoms with Gasteiger partial charge >= 0.3 is 0 Å². The SMILES string of the molecule is C=C(C)C1CCC2CC(C3(C)CCCCC3)CCC21C.CC.CC. The van der Waals surface area contributed by atoms with Gasteiger partial charge in [0.25, 0.3) is 0 Å². The molecule has 0 N–H and O–H groups in total. The van der Waals surface area contributed by atoms with E-state index in [1.54, 1.807) is 0 Å². The van der Waals surface area contributed by atoms with Crippen LogP contribution < -0.4 is 0 Å². The van der Waals surface area contributed by atoms with Gasteiger partial charge in [-0.25, -0.2) is 0 Å². The lowest BCUT2D eigenvalue weighted by Crippen LogP contribution is -2.41. The van der Waals surface area contributed by atoms with Gasteiger partial charge in [0.05, 0.1) is 0 Å². The fraction of sp³-hybridized carbons (Fsp3) is 0.917. The van der Waals surface area contributed by atoms with Crippen LogP contribution in [-0.2, 0) is 0 Å². The van der Waals surface area contributed by atoms with E-state index in [-0.39, 0.29) is 0 Å². The summed E-state index contributed by atoms with van der Waals surface area (Å²) in [6.07, 6.45) is 14.9. The molecule has 0 radical (unpaired) electrons. The zero-order valence-corrected chi connectivity index (χ0v) is 18.0.